The first-order valence-electron chi connectivity index (χ1n) is 5.64. The van der Waals surface area contributed by atoms with Crippen LogP contribution in [0, 0.1) is 0 Å². The van der Waals surface area contributed by atoms with Crippen LogP contribution in [0.3, 0.4) is 0 Å². The van der Waals surface area contributed by atoms with Gasteiger partial charge in [-0.25, -0.2) is 4.68 Å². The molecule has 2 rings (SSSR count). The molecule has 1 heterocycles. The van der Waals surface area contributed by atoms with Crippen molar-refractivity contribution in [3.63, 3.8) is 0 Å². The number of carbonyl (C=O) groups is 1. The third-order valence-electron chi connectivity index (χ3n) is 2.65. The first-order valence-corrected chi connectivity index (χ1v) is 5.64. The topological polar surface area (TPSA) is 70.1 Å². The van der Waals surface area contributed by atoms with Gasteiger partial charge in [-0.15, -0.1) is 0 Å². The predicted molar refractivity (Wildman–Crippen MR) is 67.3 cm³/mol. The zero-order chi connectivity index (χ0) is 13.0. The molecular formula is C13H15N3O2. The normalized spacial score (nSPS) is 12.1. The number of carbonyl (C=O) groups excluding carboxylic acids is 1. The van der Waals surface area contributed by atoms with Crippen molar-refractivity contribution in [3.8, 4) is 5.69 Å². The van der Waals surface area contributed by atoms with E-state index in [2.05, 4.69) is 9.84 Å². The molecule has 0 saturated heterocycles. The lowest BCUT2D eigenvalue weighted by Gasteiger charge is -2.11. The van der Waals surface area contributed by atoms with E-state index in [9.17, 15) is 4.79 Å². The van der Waals surface area contributed by atoms with Gasteiger partial charge < -0.3 is 10.5 Å². The molecule has 0 spiro atoms. The summed E-state index contributed by atoms with van der Waals surface area (Å²) in [6.45, 7) is 0. The summed E-state index contributed by atoms with van der Waals surface area (Å²) in [5.41, 5.74) is 7.56. The minimum atomic E-state index is -0.672. The summed E-state index contributed by atoms with van der Waals surface area (Å²) in [4.78, 5) is 11.3. The van der Waals surface area contributed by atoms with Gasteiger partial charge in [0, 0.05) is 18.3 Å². The van der Waals surface area contributed by atoms with Crippen LogP contribution in [0.1, 0.15) is 5.69 Å². The smallest absolute Gasteiger partial charge is 0.323 e. The highest BCUT2D eigenvalue weighted by Crippen LogP contribution is 2.11. The molecule has 0 aliphatic rings. The average molecular weight is 245 g/mol. The lowest BCUT2D eigenvalue weighted by molar-refractivity contribution is -0.142. The highest BCUT2D eigenvalue weighted by atomic mass is 16.5. The van der Waals surface area contributed by atoms with Crippen molar-refractivity contribution >= 4 is 5.97 Å². The zero-order valence-electron chi connectivity index (χ0n) is 10.1. The Hall–Kier alpha value is -2.14. The van der Waals surface area contributed by atoms with Crippen LogP contribution in [-0.4, -0.2) is 28.9 Å². The van der Waals surface area contributed by atoms with Crippen LogP contribution in [0.25, 0.3) is 5.69 Å². The fourth-order valence-electron chi connectivity index (χ4n) is 1.75. The Morgan fingerprint density at radius 3 is 2.78 bits per heavy atom. The molecule has 0 fully saturated rings. The maximum absolute atomic E-state index is 11.3. The molecule has 0 aliphatic carbocycles. The summed E-state index contributed by atoms with van der Waals surface area (Å²) in [7, 11) is 1.33. The van der Waals surface area contributed by atoms with Crippen molar-refractivity contribution in [2.45, 2.75) is 12.5 Å². The van der Waals surface area contributed by atoms with E-state index >= 15 is 0 Å². The fourth-order valence-corrected chi connectivity index (χ4v) is 1.75. The van der Waals surface area contributed by atoms with E-state index in [0.29, 0.717) is 6.42 Å². The Kier molecular flexibility index (Phi) is 3.74. The molecule has 0 radical (unpaired) electrons. The van der Waals surface area contributed by atoms with Crippen molar-refractivity contribution in [2.75, 3.05) is 7.11 Å². The zero-order valence-corrected chi connectivity index (χ0v) is 10.1. The second kappa shape index (κ2) is 5.46. The summed E-state index contributed by atoms with van der Waals surface area (Å²) in [6, 6.07) is 10.9. The number of hydrogen-bond donors (Lipinski definition) is 1. The lowest BCUT2D eigenvalue weighted by atomic mass is 10.1. The second-order valence-corrected chi connectivity index (χ2v) is 3.90. The number of hydrogen-bond acceptors (Lipinski definition) is 4. The quantitative estimate of drug-likeness (QED) is 0.813. The predicted octanol–water partition coefficient (Wildman–Crippen LogP) is 0.915. The number of nitrogens with two attached hydrogens (primary N) is 1. The second-order valence-electron chi connectivity index (χ2n) is 3.90. The molecule has 5 nitrogen and oxygen atoms in total. The monoisotopic (exact) mass is 245 g/mol. The van der Waals surface area contributed by atoms with Gasteiger partial charge in [-0.1, -0.05) is 18.2 Å². The molecule has 1 aromatic carbocycles. The van der Waals surface area contributed by atoms with Crippen molar-refractivity contribution in [1.82, 2.24) is 9.78 Å². The first-order chi connectivity index (χ1) is 8.72. The number of methoxy groups -OCH3 is 1. The highest BCUT2D eigenvalue weighted by Gasteiger charge is 2.17. The Balaban J connectivity index is 2.21. The van der Waals surface area contributed by atoms with Crippen molar-refractivity contribution in [1.29, 1.82) is 0 Å². The van der Waals surface area contributed by atoms with Gasteiger partial charge in [0.15, 0.2) is 0 Å². The molecule has 0 bridgehead atoms. The van der Waals surface area contributed by atoms with Gasteiger partial charge in [-0.3, -0.25) is 4.79 Å². The number of nitrogens with zero attached hydrogens (tertiary/aromatic N) is 2. The van der Waals surface area contributed by atoms with Crippen LogP contribution in [0.15, 0.2) is 42.6 Å². The van der Waals surface area contributed by atoms with Gasteiger partial charge in [-0.2, -0.15) is 5.10 Å². The maximum Gasteiger partial charge on any atom is 0.323 e. The lowest BCUT2D eigenvalue weighted by Crippen LogP contribution is -2.34. The summed E-state index contributed by atoms with van der Waals surface area (Å²) in [6.07, 6.45) is 2.08. The van der Waals surface area contributed by atoms with E-state index < -0.39 is 12.0 Å². The summed E-state index contributed by atoms with van der Waals surface area (Å²) in [5, 5.41) is 4.23. The molecule has 5 heteroatoms. The highest BCUT2D eigenvalue weighted by molar-refractivity contribution is 5.75. The summed E-state index contributed by atoms with van der Waals surface area (Å²) < 4.78 is 6.38. The van der Waals surface area contributed by atoms with Gasteiger partial charge in [0.05, 0.1) is 12.8 Å². The molecule has 94 valence electrons. The minimum Gasteiger partial charge on any atom is -0.468 e. The molecule has 0 aliphatic heterocycles. The molecule has 0 saturated carbocycles. The standard InChI is InChI=1S/C13H15N3O2/c1-18-13(17)12(14)9-11-7-8-15-16(11)10-5-3-2-4-6-10/h2-8,12H,9,14H2,1H3. The third-order valence-corrected chi connectivity index (χ3v) is 2.65. The van der Waals surface area contributed by atoms with E-state index in [-0.39, 0.29) is 0 Å². The molecule has 2 aromatic rings. The van der Waals surface area contributed by atoms with E-state index in [1.165, 1.54) is 7.11 Å². The number of para-hydroxylation sites is 1. The van der Waals surface area contributed by atoms with Crippen molar-refractivity contribution in [3.05, 3.63) is 48.3 Å². The van der Waals surface area contributed by atoms with Crippen molar-refractivity contribution in [2.24, 2.45) is 5.73 Å². The Morgan fingerprint density at radius 1 is 1.39 bits per heavy atom. The van der Waals surface area contributed by atoms with Gasteiger partial charge in [-0.05, 0) is 18.2 Å². The molecule has 1 atom stereocenters. The number of ether oxygens (including phenoxy) is 1. The van der Waals surface area contributed by atoms with Crippen LogP contribution >= 0.6 is 0 Å². The number of rotatable bonds is 4. The van der Waals surface area contributed by atoms with E-state index in [1.807, 2.05) is 36.4 Å². The summed E-state index contributed by atoms with van der Waals surface area (Å²) in [5.74, 6) is -0.421. The first kappa shape index (κ1) is 12.3. The maximum atomic E-state index is 11.3. The van der Waals surface area contributed by atoms with Crippen molar-refractivity contribution < 1.29 is 9.53 Å². The molecule has 0 amide bonds. The van der Waals surface area contributed by atoms with Gasteiger partial charge in [0.25, 0.3) is 0 Å². The van der Waals surface area contributed by atoms with Crippen LogP contribution in [0.2, 0.25) is 0 Å². The van der Waals surface area contributed by atoms with Crippen LogP contribution < -0.4 is 5.73 Å². The number of benzene rings is 1. The van der Waals surface area contributed by atoms with E-state index in [0.717, 1.165) is 11.4 Å². The molecule has 1 aromatic heterocycles. The molecule has 1 unspecified atom stereocenters. The van der Waals surface area contributed by atoms with Gasteiger partial charge in [0.1, 0.15) is 6.04 Å². The number of esters is 1. The van der Waals surface area contributed by atoms with Gasteiger partial charge in [0.2, 0.25) is 0 Å². The Morgan fingerprint density at radius 2 is 2.11 bits per heavy atom. The van der Waals surface area contributed by atoms with E-state index in [4.69, 9.17) is 5.73 Å². The van der Waals surface area contributed by atoms with Crippen LogP contribution in [-0.2, 0) is 16.0 Å². The van der Waals surface area contributed by atoms with Crippen LogP contribution in [0.4, 0.5) is 0 Å². The average Bonchev–Trinajstić information content (AvgIpc) is 2.86. The Labute approximate surface area is 105 Å². The van der Waals surface area contributed by atoms with E-state index in [1.54, 1.807) is 10.9 Å². The third kappa shape index (κ3) is 2.57. The number of aromatic nitrogens is 2. The van der Waals surface area contributed by atoms with Gasteiger partial charge >= 0.3 is 5.97 Å². The largest absolute Gasteiger partial charge is 0.468 e. The Bertz CT molecular complexity index is 522. The fraction of sp³-hybridized carbons (Fsp3) is 0.231. The van der Waals surface area contributed by atoms with Crippen LogP contribution in [0.5, 0.6) is 0 Å². The molecular weight excluding hydrogens is 230 g/mol. The molecule has 2 N–H and O–H groups in total. The SMILES string of the molecule is COC(=O)C(N)Cc1ccnn1-c1ccccc1. The summed E-state index contributed by atoms with van der Waals surface area (Å²) >= 11 is 0. The minimum absolute atomic E-state index is 0.390. The molecule has 18 heavy (non-hydrogen) atoms.